The largest absolute Gasteiger partial charge is 0.421 e. The highest BCUT2D eigenvalue weighted by Gasteiger charge is 2.11. The van der Waals surface area contributed by atoms with E-state index in [4.69, 9.17) is 4.42 Å². The first-order valence-corrected chi connectivity index (χ1v) is 9.27. The number of benzene rings is 2. The molecule has 28 heavy (non-hydrogen) atoms. The average Bonchev–Trinajstić information content (AvgIpc) is 3.32. The zero-order valence-corrected chi connectivity index (χ0v) is 15.6. The first-order valence-electron chi connectivity index (χ1n) is 9.27. The third-order valence-electron chi connectivity index (χ3n) is 4.56. The molecule has 142 valence electrons. The summed E-state index contributed by atoms with van der Waals surface area (Å²) >= 11 is 0. The van der Waals surface area contributed by atoms with Crippen molar-refractivity contribution in [3.8, 4) is 11.5 Å². The molecule has 1 N–H and O–H groups in total. The van der Waals surface area contributed by atoms with E-state index < -0.39 is 0 Å². The summed E-state index contributed by atoms with van der Waals surface area (Å²) in [6, 6.07) is 17.6. The second-order valence-corrected chi connectivity index (χ2v) is 6.52. The average molecular weight is 375 g/mol. The van der Waals surface area contributed by atoms with E-state index in [1.54, 1.807) is 0 Å². The maximum atomic E-state index is 12.1. The van der Waals surface area contributed by atoms with E-state index in [1.807, 2.05) is 61.5 Å². The number of carbonyl (C=O) groups excluding carboxylic acids is 1. The molecule has 7 nitrogen and oxygen atoms in total. The molecule has 4 aromatic rings. The smallest absolute Gasteiger partial charge is 0.247 e. The second kappa shape index (κ2) is 8.04. The van der Waals surface area contributed by atoms with Crippen LogP contribution in [0.4, 0.5) is 0 Å². The summed E-state index contributed by atoms with van der Waals surface area (Å²) in [5.74, 6) is 1.83. The molecule has 2 heterocycles. The molecule has 2 aromatic carbocycles. The Labute approximate surface area is 162 Å². The number of para-hydroxylation sites is 2. The standard InChI is InChI=1S/C21H21N5O2/c1-15-23-17-9-5-6-10-18(17)26(15)14-13-22-19(27)11-12-20-24-25-21(28-20)16-7-3-2-4-8-16/h2-10H,11-14H2,1H3,(H,22,27). The molecule has 0 saturated carbocycles. The van der Waals surface area contributed by atoms with E-state index in [9.17, 15) is 4.79 Å². The van der Waals surface area contributed by atoms with Crippen LogP contribution in [-0.2, 0) is 17.8 Å². The first-order chi connectivity index (χ1) is 13.7. The van der Waals surface area contributed by atoms with Crippen molar-refractivity contribution in [3.05, 3.63) is 66.3 Å². The first kappa shape index (κ1) is 17.9. The molecule has 0 unspecified atom stereocenters. The molecule has 2 aromatic heterocycles. The minimum absolute atomic E-state index is 0.0402. The summed E-state index contributed by atoms with van der Waals surface area (Å²) in [5.41, 5.74) is 2.92. The zero-order valence-electron chi connectivity index (χ0n) is 15.6. The normalized spacial score (nSPS) is 11.0. The van der Waals surface area contributed by atoms with E-state index in [0.29, 0.717) is 37.7 Å². The van der Waals surface area contributed by atoms with Crippen LogP contribution in [0.25, 0.3) is 22.5 Å². The van der Waals surface area contributed by atoms with Crippen molar-refractivity contribution in [2.45, 2.75) is 26.3 Å². The number of aromatic nitrogens is 4. The van der Waals surface area contributed by atoms with Crippen molar-refractivity contribution < 1.29 is 9.21 Å². The SMILES string of the molecule is Cc1nc2ccccc2n1CCNC(=O)CCc1nnc(-c2ccccc2)o1. The molecule has 0 aliphatic rings. The maximum absolute atomic E-state index is 12.1. The van der Waals surface area contributed by atoms with Gasteiger partial charge < -0.3 is 14.3 Å². The van der Waals surface area contributed by atoms with Gasteiger partial charge in [0.15, 0.2) is 0 Å². The number of nitrogens with one attached hydrogen (secondary N) is 1. The van der Waals surface area contributed by atoms with Gasteiger partial charge in [0.1, 0.15) is 5.82 Å². The minimum Gasteiger partial charge on any atom is -0.421 e. The monoisotopic (exact) mass is 375 g/mol. The Morgan fingerprint density at radius 2 is 1.86 bits per heavy atom. The molecule has 0 fully saturated rings. The molecule has 0 aliphatic heterocycles. The van der Waals surface area contributed by atoms with Crippen LogP contribution >= 0.6 is 0 Å². The van der Waals surface area contributed by atoms with Gasteiger partial charge in [-0.2, -0.15) is 0 Å². The summed E-state index contributed by atoms with van der Waals surface area (Å²) in [5, 5.41) is 11.0. The summed E-state index contributed by atoms with van der Waals surface area (Å²) in [6.45, 7) is 3.19. The molecule has 1 amide bonds. The van der Waals surface area contributed by atoms with Gasteiger partial charge in [-0.15, -0.1) is 10.2 Å². The fraction of sp³-hybridized carbons (Fsp3) is 0.238. The van der Waals surface area contributed by atoms with Crippen molar-refractivity contribution in [1.82, 2.24) is 25.1 Å². The van der Waals surface area contributed by atoms with Crippen LogP contribution in [0, 0.1) is 6.92 Å². The van der Waals surface area contributed by atoms with E-state index in [1.165, 1.54) is 0 Å². The lowest BCUT2D eigenvalue weighted by Gasteiger charge is -2.08. The van der Waals surface area contributed by atoms with Crippen LogP contribution < -0.4 is 5.32 Å². The van der Waals surface area contributed by atoms with Gasteiger partial charge in [0, 0.05) is 31.5 Å². The lowest BCUT2D eigenvalue weighted by Crippen LogP contribution is -2.27. The number of nitrogens with zero attached hydrogens (tertiary/aromatic N) is 4. The fourth-order valence-electron chi connectivity index (χ4n) is 3.15. The summed E-state index contributed by atoms with van der Waals surface area (Å²) in [4.78, 5) is 16.7. The van der Waals surface area contributed by atoms with Crippen LogP contribution in [-0.4, -0.2) is 32.2 Å². The topological polar surface area (TPSA) is 85.8 Å². The Kier molecular flexibility index (Phi) is 5.14. The van der Waals surface area contributed by atoms with E-state index in [0.717, 1.165) is 22.4 Å². The van der Waals surface area contributed by atoms with Crippen LogP contribution in [0.15, 0.2) is 59.0 Å². The van der Waals surface area contributed by atoms with Crippen molar-refractivity contribution in [2.75, 3.05) is 6.54 Å². The predicted octanol–water partition coefficient (Wildman–Crippen LogP) is 3.14. The molecule has 0 saturated heterocycles. The Bertz CT molecular complexity index is 1080. The predicted molar refractivity (Wildman–Crippen MR) is 106 cm³/mol. The molecule has 7 heteroatoms. The fourth-order valence-corrected chi connectivity index (χ4v) is 3.15. The highest BCUT2D eigenvalue weighted by atomic mass is 16.4. The number of amides is 1. The number of fused-ring (bicyclic) bond motifs is 1. The Morgan fingerprint density at radius 1 is 1.07 bits per heavy atom. The van der Waals surface area contributed by atoms with Crippen LogP contribution in [0.3, 0.4) is 0 Å². The number of imidazole rings is 1. The van der Waals surface area contributed by atoms with Gasteiger partial charge in [-0.05, 0) is 31.2 Å². The Balaban J connectivity index is 1.27. The molecule has 0 radical (unpaired) electrons. The minimum atomic E-state index is -0.0402. The summed E-state index contributed by atoms with van der Waals surface area (Å²) < 4.78 is 7.74. The molecule has 4 rings (SSSR count). The number of aryl methyl sites for hydroxylation is 2. The molecule has 0 bridgehead atoms. The van der Waals surface area contributed by atoms with Crippen molar-refractivity contribution >= 4 is 16.9 Å². The van der Waals surface area contributed by atoms with E-state index in [2.05, 4.69) is 25.1 Å². The van der Waals surface area contributed by atoms with E-state index in [-0.39, 0.29) is 5.91 Å². The van der Waals surface area contributed by atoms with Crippen LogP contribution in [0.1, 0.15) is 18.1 Å². The van der Waals surface area contributed by atoms with Gasteiger partial charge in [-0.1, -0.05) is 30.3 Å². The lowest BCUT2D eigenvalue weighted by molar-refractivity contribution is -0.121. The number of hydrogen-bond acceptors (Lipinski definition) is 5. The van der Waals surface area contributed by atoms with Crippen LogP contribution in [0.5, 0.6) is 0 Å². The van der Waals surface area contributed by atoms with Crippen molar-refractivity contribution in [3.63, 3.8) is 0 Å². The second-order valence-electron chi connectivity index (χ2n) is 6.52. The summed E-state index contributed by atoms with van der Waals surface area (Å²) in [6.07, 6.45) is 0.721. The van der Waals surface area contributed by atoms with E-state index >= 15 is 0 Å². The van der Waals surface area contributed by atoms with Crippen LogP contribution in [0.2, 0.25) is 0 Å². The Hall–Kier alpha value is -3.48. The van der Waals surface area contributed by atoms with Gasteiger partial charge in [0.2, 0.25) is 17.7 Å². The highest BCUT2D eigenvalue weighted by Crippen LogP contribution is 2.17. The quantitative estimate of drug-likeness (QED) is 0.536. The van der Waals surface area contributed by atoms with Crippen molar-refractivity contribution in [1.29, 1.82) is 0 Å². The van der Waals surface area contributed by atoms with Crippen molar-refractivity contribution in [2.24, 2.45) is 0 Å². The molecular weight excluding hydrogens is 354 g/mol. The molecular formula is C21H21N5O2. The van der Waals surface area contributed by atoms with Gasteiger partial charge in [0.25, 0.3) is 0 Å². The number of hydrogen-bond donors (Lipinski definition) is 1. The lowest BCUT2D eigenvalue weighted by atomic mass is 10.2. The highest BCUT2D eigenvalue weighted by molar-refractivity contribution is 5.77. The van der Waals surface area contributed by atoms with Gasteiger partial charge in [-0.25, -0.2) is 4.98 Å². The molecule has 0 atom stereocenters. The Morgan fingerprint density at radius 3 is 2.71 bits per heavy atom. The third kappa shape index (κ3) is 3.93. The third-order valence-corrected chi connectivity index (χ3v) is 4.56. The maximum Gasteiger partial charge on any atom is 0.247 e. The van der Waals surface area contributed by atoms with Gasteiger partial charge >= 0.3 is 0 Å². The molecule has 0 spiro atoms. The van der Waals surface area contributed by atoms with Gasteiger partial charge in [-0.3, -0.25) is 4.79 Å². The number of rotatable bonds is 7. The zero-order chi connectivity index (χ0) is 19.3. The number of carbonyl (C=O) groups is 1. The van der Waals surface area contributed by atoms with Gasteiger partial charge in [0.05, 0.1) is 11.0 Å². The summed E-state index contributed by atoms with van der Waals surface area (Å²) in [7, 11) is 0. The molecule has 0 aliphatic carbocycles.